The lowest BCUT2D eigenvalue weighted by atomic mass is 10.1. The van der Waals surface area contributed by atoms with E-state index in [1.165, 1.54) is 6.07 Å². The van der Waals surface area contributed by atoms with Gasteiger partial charge in [0.25, 0.3) is 5.91 Å². The highest BCUT2D eigenvalue weighted by atomic mass is 19.1. The van der Waals surface area contributed by atoms with Crippen molar-refractivity contribution in [1.29, 1.82) is 0 Å². The first-order valence-electron chi connectivity index (χ1n) is 9.71. The first-order valence-corrected chi connectivity index (χ1v) is 9.71. The minimum absolute atomic E-state index is 0.00271. The molecule has 3 heterocycles. The van der Waals surface area contributed by atoms with Crippen LogP contribution in [0.3, 0.4) is 0 Å². The summed E-state index contributed by atoms with van der Waals surface area (Å²) in [5, 5.41) is 7.91. The van der Waals surface area contributed by atoms with Crippen molar-refractivity contribution in [3.05, 3.63) is 53.6 Å². The van der Waals surface area contributed by atoms with E-state index < -0.39 is 0 Å². The Bertz CT molecular complexity index is 778. The van der Waals surface area contributed by atoms with Gasteiger partial charge in [-0.25, -0.2) is 4.39 Å². The van der Waals surface area contributed by atoms with Crippen molar-refractivity contribution in [3.63, 3.8) is 0 Å². The van der Waals surface area contributed by atoms with E-state index in [2.05, 4.69) is 15.3 Å². The van der Waals surface area contributed by atoms with Gasteiger partial charge in [-0.1, -0.05) is 12.1 Å². The van der Waals surface area contributed by atoms with Crippen molar-refractivity contribution in [2.75, 3.05) is 39.3 Å². The summed E-state index contributed by atoms with van der Waals surface area (Å²) >= 11 is 0. The molecule has 0 bridgehead atoms. The van der Waals surface area contributed by atoms with E-state index in [-0.39, 0.29) is 11.7 Å². The third-order valence-corrected chi connectivity index (χ3v) is 5.43. The van der Waals surface area contributed by atoms with Gasteiger partial charge in [0.1, 0.15) is 11.5 Å². The molecule has 0 aliphatic carbocycles. The number of benzene rings is 1. The molecular formula is C20H26FN5O. The van der Waals surface area contributed by atoms with Gasteiger partial charge in [-0.15, -0.1) is 0 Å². The molecule has 7 heteroatoms. The average molecular weight is 371 g/mol. The molecule has 6 nitrogen and oxygen atoms in total. The molecule has 1 amide bonds. The Morgan fingerprint density at radius 2 is 2.07 bits per heavy atom. The zero-order chi connectivity index (χ0) is 18.6. The number of hydrogen-bond donors (Lipinski definition) is 1. The van der Waals surface area contributed by atoms with E-state index in [4.69, 9.17) is 0 Å². The van der Waals surface area contributed by atoms with Gasteiger partial charge in [-0.05, 0) is 43.1 Å². The van der Waals surface area contributed by atoms with Crippen molar-refractivity contribution in [3.8, 4) is 0 Å². The standard InChI is InChI=1S/C20H26FN5O/c21-17-4-1-3-16(13-17)15-24-9-11-25(12-10-24)20(27)19-6-8-26(23-19)18-5-2-7-22-14-18/h1,3-4,6,8,13,18,22H,2,5,7,9-12,14-15H2. The fourth-order valence-corrected chi connectivity index (χ4v) is 3.88. The quantitative estimate of drug-likeness (QED) is 0.892. The SMILES string of the molecule is O=C(c1ccn(C2CCCNC2)n1)N1CCN(Cc2cccc(F)c2)CC1. The van der Waals surface area contributed by atoms with Gasteiger partial charge < -0.3 is 10.2 Å². The van der Waals surface area contributed by atoms with Gasteiger partial charge in [0.2, 0.25) is 0 Å². The second-order valence-electron chi connectivity index (χ2n) is 7.38. The van der Waals surface area contributed by atoms with Crippen LogP contribution in [0.5, 0.6) is 0 Å². The average Bonchev–Trinajstić information content (AvgIpc) is 3.19. The summed E-state index contributed by atoms with van der Waals surface area (Å²) in [5.41, 5.74) is 1.49. The van der Waals surface area contributed by atoms with Crippen molar-refractivity contribution in [1.82, 2.24) is 24.9 Å². The maximum absolute atomic E-state index is 13.3. The molecule has 1 atom stereocenters. The smallest absolute Gasteiger partial charge is 0.274 e. The van der Waals surface area contributed by atoms with Crippen LogP contribution in [-0.2, 0) is 6.54 Å². The summed E-state index contributed by atoms with van der Waals surface area (Å²) in [6.45, 7) is 5.60. The van der Waals surface area contributed by atoms with Crippen LogP contribution in [0.2, 0.25) is 0 Å². The van der Waals surface area contributed by atoms with E-state index in [1.807, 2.05) is 27.9 Å². The highest BCUT2D eigenvalue weighted by Crippen LogP contribution is 2.17. The van der Waals surface area contributed by atoms with Gasteiger partial charge >= 0.3 is 0 Å². The van der Waals surface area contributed by atoms with Crippen LogP contribution in [0.15, 0.2) is 36.5 Å². The normalized spacial score (nSPS) is 21.4. The molecular weight excluding hydrogens is 345 g/mol. The predicted molar refractivity (Wildman–Crippen MR) is 101 cm³/mol. The summed E-state index contributed by atoms with van der Waals surface area (Å²) in [4.78, 5) is 16.9. The number of carbonyl (C=O) groups is 1. The zero-order valence-electron chi connectivity index (χ0n) is 15.5. The Kier molecular flexibility index (Phi) is 5.50. The van der Waals surface area contributed by atoms with E-state index in [0.717, 1.165) is 44.6 Å². The van der Waals surface area contributed by atoms with E-state index >= 15 is 0 Å². The van der Waals surface area contributed by atoms with Crippen LogP contribution in [0, 0.1) is 5.82 Å². The van der Waals surface area contributed by atoms with Gasteiger partial charge in [0.15, 0.2) is 0 Å². The molecule has 1 N–H and O–H groups in total. The monoisotopic (exact) mass is 371 g/mol. The summed E-state index contributed by atoms with van der Waals surface area (Å²) in [6.07, 6.45) is 4.16. The molecule has 2 aliphatic rings. The lowest BCUT2D eigenvalue weighted by Crippen LogP contribution is -2.48. The fraction of sp³-hybridized carbons (Fsp3) is 0.500. The molecule has 2 fully saturated rings. The fourth-order valence-electron chi connectivity index (χ4n) is 3.88. The lowest BCUT2D eigenvalue weighted by Gasteiger charge is -2.34. The van der Waals surface area contributed by atoms with Crippen LogP contribution in [0.4, 0.5) is 4.39 Å². The number of halogens is 1. The van der Waals surface area contributed by atoms with Crippen molar-refractivity contribution >= 4 is 5.91 Å². The second kappa shape index (κ2) is 8.19. The number of piperidine rings is 1. The highest BCUT2D eigenvalue weighted by Gasteiger charge is 2.25. The number of amides is 1. The Morgan fingerprint density at radius 1 is 1.22 bits per heavy atom. The Labute approximate surface area is 158 Å². The lowest BCUT2D eigenvalue weighted by molar-refractivity contribution is 0.0621. The summed E-state index contributed by atoms with van der Waals surface area (Å²) < 4.78 is 15.3. The highest BCUT2D eigenvalue weighted by molar-refractivity contribution is 5.92. The van der Waals surface area contributed by atoms with Gasteiger partial charge in [-0.3, -0.25) is 14.4 Å². The molecule has 1 aromatic heterocycles. The first-order chi connectivity index (χ1) is 13.2. The van der Waals surface area contributed by atoms with E-state index in [9.17, 15) is 9.18 Å². The minimum Gasteiger partial charge on any atom is -0.335 e. The Balaban J connectivity index is 1.31. The van der Waals surface area contributed by atoms with Crippen molar-refractivity contribution in [2.24, 2.45) is 0 Å². The van der Waals surface area contributed by atoms with Gasteiger partial charge in [-0.2, -0.15) is 5.10 Å². The molecule has 27 heavy (non-hydrogen) atoms. The second-order valence-corrected chi connectivity index (χ2v) is 7.38. The molecule has 2 saturated heterocycles. The zero-order valence-corrected chi connectivity index (χ0v) is 15.5. The number of carbonyl (C=O) groups excluding carboxylic acids is 1. The molecule has 2 aromatic rings. The Morgan fingerprint density at radius 3 is 2.81 bits per heavy atom. The molecule has 4 rings (SSSR count). The topological polar surface area (TPSA) is 53.4 Å². The van der Waals surface area contributed by atoms with Crippen molar-refractivity contribution < 1.29 is 9.18 Å². The van der Waals surface area contributed by atoms with Crippen LogP contribution in [0.1, 0.15) is 34.9 Å². The third kappa shape index (κ3) is 4.36. The Hall–Kier alpha value is -2.25. The predicted octanol–water partition coefficient (Wildman–Crippen LogP) is 1.90. The van der Waals surface area contributed by atoms with E-state index in [0.29, 0.717) is 31.4 Å². The maximum Gasteiger partial charge on any atom is 0.274 e. The summed E-state index contributed by atoms with van der Waals surface area (Å²) in [7, 11) is 0. The van der Waals surface area contributed by atoms with Crippen molar-refractivity contribution in [2.45, 2.75) is 25.4 Å². The number of nitrogens with zero attached hydrogens (tertiary/aromatic N) is 4. The maximum atomic E-state index is 13.3. The van der Waals surface area contributed by atoms with Gasteiger partial charge in [0.05, 0.1) is 6.04 Å². The largest absolute Gasteiger partial charge is 0.335 e. The first kappa shape index (κ1) is 18.1. The number of aromatic nitrogens is 2. The number of piperazine rings is 1. The molecule has 144 valence electrons. The summed E-state index contributed by atoms with van der Waals surface area (Å²) in [5.74, 6) is -0.201. The third-order valence-electron chi connectivity index (χ3n) is 5.43. The minimum atomic E-state index is -0.204. The molecule has 0 radical (unpaired) electrons. The molecule has 2 aliphatic heterocycles. The van der Waals surface area contributed by atoms with Crippen LogP contribution >= 0.6 is 0 Å². The van der Waals surface area contributed by atoms with Crippen LogP contribution in [-0.4, -0.2) is 64.8 Å². The van der Waals surface area contributed by atoms with Crippen LogP contribution < -0.4 is 5.32 Å². The van der Waals surface area contributed by atoms with Crippen LogP contribution in [0.25, 0.3) is 0 Å². The molecule has 1 unspecified atom stereocenters. The molecule has 0 saturated carbocycles. The molecule has 1 aromatic carbocycles. The number of hydrogen-bond acceptors (Lipinski definition) is 4. The van der Waals surface area contributed by atoms with E-state index in [1.54, 1.807) is 12.1 Å². The summed E-state index contributed by atoms with van der Waals surface area (Å²) in [6, 6.07) is 8.88. The number of nitrogens with one attached hydrogen (secondary N) is 1. The molecule has 0 spiro atoms. The number of rotatable bonds is 4. The van der Waals surface area contributed by atoms with Gasteiger partial charge in [0, 0.05) is 45.5 Å².